The Kier molecular flexibility index (Phi) is 4.35. The van der Waals surface area contributed by atoms with Gasteiger partial charge in [0.25, 0.3) is 5.85 Å². The van der Waals surface area contributed by atoms with Crippen LogP contribution in [0.4, 0.5) is 0 Å². The molecule has 0 aromatic carbocycles. The van der Waals surface area contributed by atoms with Crippen molar-refractivity contribution in [1.82, 2.24) is 9.80 Å². The van der Waals surface area contributed by atoms with Gasteiger partial charge in [-0.25, -0.2) is 9.80 Å². The normalized spacial score (nSPS) is 20.1. The van der Waals surface area contributed by atoms with Crippen molar-refractivity contribution in [3.05, 3.63) is 0 Å². The fraction of sp³-hybridized carbons (Fsp3) is 0.667. The second-order valence-corrected chi connectivity index (χ2v) is 4.80. The molecule has 0 atom stereocenters. The number of aliphatic hydroxyl groups is 2. The molecule has 116 valence electrons. The van der Waals surface area contributed by atoms with Crippen LogP contribution in [0, 0.1) is 0 Å². The Hall–Kier alpha value is -1.84. The first kappa shape index (κ1) is 15.5. The highest BCUT2D eigenvalue weighted by Gasteiger charge is 2.55. The van der Waals surface area contributed by atoms with Crippen LogP contribution in [0.1, 0.15) is 25.7 Å². The lowest BCUT2D eigenvalue weighted by Gasteiger charge is -2.40. The van der Waals surface area contributed by atoms with E-state index in [2.05, 4.69) is 0 Å². The molecule has 0 saturated carbocycles. The summed E-state index contributed by atoms with van der Waals surface area (Å²) in [5.74, 6) is -5.18. The summed E-state index contributed by atoms with van der Waals surface area (Å²) >= 11 is 0. The molecule has 21 heavy (non-hydrogen) atoms. The molecular formula is C12H16N2O7. The molecule has 0 aromatic heterocycles. The van der Waals surface area contributed by atoms with E-state index in [9.17, 15) is 24.3 Å². The van der Waals surface area contributed by atoms with E-state index in [1.807, 2.05) is 0 Å². The molecule has 2 rings (SSSR count). The highest BCUT2D eigenvalue weighted by Crippen LogP contribution is 2.30. The predicted octanol–water partition coefficient (Wildman–Crippen LogP) is -2.06. The van der Waals surface area contributed by atoms with Crippen LogP contribution in [0.25, 0.3) is 0 Å². The van der Waals surface area contributed by atoms with Gasteiger partial charge in [-0.3, -0.25) is 19.2 Å². The Labute approximate surface area is 120 Å². The van der Waals surface area contributed by atoms with E-state index in [1.165, 1.54) is 0 Å². The summed E-state index contributed by atoms with van der Waals surface area (Å²) < 4.78 is 4.97. The lowest BCUT2D eigenvalue weighted by molar-refractivity contribution is -0.226. The third-order valence-corrected chi connectivity index (χ3v) is 3.35. The fourth-order valence-corrected chi connectivity index (χ4v) is 2.45. The summed E-state index contributed by atoms with van der Waals surface area (Å²) in [5, 5.41) is 19.4. The molecule has 0 aliphatic carbocycles. The van der Waals surface area contributed by atoms with Crippen molar-refractivity contribution >= 4 is 23.6 Å². The van der Waals surface area contributed by atoms with Gasteiger partial charge >= 0.3 is 0 Å². The SMILES string of the molecule is O=C1CCC(=O)N1C(O)(COCCO)N1C(=O)CCC1=O. The largest absolute Gasteiger partial charge is 0.394 e. The Morgan fingerprint density at radius 2 is 1.29 bits per heavy atom. The predicted molar refractivity (Wildman–Crippen MR) is 65.0 cm³/mol. The number of likely N-dealkylation sites (tertiary alicyclic amines) is 2. The van der Waals surface area contributed by atoms with Crippen LogP contribution in [-0.4, -0.2) is 69.3 Å². The number of hydrogen-bond donors (Lipinski definition) is 2. The lowest BCUT2D eigenvalue weighted by Crippen LogP contribution is -2.66. The summed E-state index contributed by atoms with van der Waals surface area (Å²) in [6, 6.07) is 0. The van der Waals surface area contributed by atoms with Crippen LogP contribution < -0.4 is 0 Å². The topological polar surface area (TPSA) is 124 Å². The smallest absolute Gasteiger partial charge is 0.261 e. The van der Waals surface area contributed by atoms with Crippen LogP contribution >= 0.6 is 0 Å². The van der Waals surface area contributed by atoms with E-state index in [0.717, 1.165) is 0 Å². The van der Waals surface area contributed by atoms with Crippen molar-refractivity contribution in [3.63, 3.8) is 0 Å². The van der Waals surface area contributed by atoms with E-state index in [1.54, 1.807) is 0 Å². The number of imide groups is 2. The summed E-state index contributed by atoms with van der Waals surface area (Å²) in [4.78, 5) is 48.3. The molecule has 2 fully saturated rings. The van der Waals surface area contributed by atoms with Crippen LogP contribution in [0.2, 0.25) is 0 Å². The highest BCUT2D eigenvalue weighted by atomic mass is 16.5. The van der Waals surface area contributed by atoms with Crippen LogP contribution in [0.15, 0.2) is 0 Å². The zero-order valence-electron chi connectivity index (χ0n) is 11.3. The maximum Gasteiger partial charge on any atom is 0.261 e. The minimum absolute atomic E-state index is 0.0998. The second-order valence-electron chi connectivity index (χ2n) is 4.80. The van der Waals surface area contributed by atoms with Crippen LogP contribution in [-0.2, 0) is 23.9 Å². The number of hydrogen-bond acceptors (Lipinski definition) is 7. The minimum Gasteiger partial charge on any atom is -0.394 e. The molecule has 4 amide bonds. The van der Waals surface area contributed by atoms with Crippen molar-refractivity contribution < 1.29 is 34.1 Å². The Bertz CT molecular complexity index is 422. The van der Waals surface area contributed by atoms with Crippen molar-refractivity contribution in [2.45, 2.75) is 31.5 Å². The first-order valence-corrected chi connectivity index (χ1v) is 6.54. The van der Waals surface area contributed by atoms with Crippen LogP contribution in [0.5, 0.6) is 0 Å². The average molecular weight is 300 g/mol. The van der Waals surface area contributed by atoms with Gasteiger partial charge in [0.05, 0.1) is 13.2 Å². The molecular weight excluding hydrogens is 284 g/mol. The fourth-order valence-electron chi connectivity index (χ4n) is 2.45. The zero-order chi connectivity index (χ0) is 15.6. The molecule has 2 aliphatic heterocycles. The summed E-state index contributed by atoms with van der Waals surface area (Å²) in [6.07, 6.45) is -0.399. The molecule has 0 radical (unpaired) electrons. The van der Waals surface area contributed by atoms with Gasteiger partial charge in [-0.15, -0.1) is 0 Å². The van der Waals surface area contributed by atoms with E-state index >= 15 is 0 Å². The summed E-state index contributed by atoms with van der Waals surface area (Å²) in [7, 11) is 0. The maximum absolute atomic E-state index is 11.8. The van der Waals surface area contributed by atoms with Gasteiger partial charge in [-0.1, -0.05) is 0 Å². The molecule has 9 heteroatoms. The first-order valence-electron chi connectivity index (χ1n) is 6.54. The molecule has 0 bridgehead atoms. The number of nitrogens with zero attached hydrogens (tertiary/aromatic N) is 2. The van der Waals surface area contributed by atoms with E-state index < -0.39 is 36.1 Å². The van der Waals surface area contributed by atoms with Gasteiger partial charge < -0.3 is 14.9 Å². The molecule has 2 saturated heterocycles. The van der Waals surface area contributed by atoms with E-state index in [4.69, 9.17) is 9.84 Å². The van der Waals surface area contributed by atoms with E-state index in [0.29, 0.717) is 9.80 Å². The van der Waals surface area contributed by atoms with Gasteiger partial charge in [0.1, 0.15) is 6.61 Å². The molecule has 0 aromatic rings. The number of rotatable bonds is 6. The van der Waals surface area contributed by atoms with Gasteiger partial charge in [-0.05, 0) is 0 Å². The van der Waals surface area contributed by atoms with Gasteiger partial charge in [0, 0.05) is 25.7 Å². The third-order valence-electron chi connectivity index (χ3n) is 3.35. The third kappa shape index (κ3) is 2.67. The van der Waals surface area contributed by atoms with Crippen molar-refractivity contribution in [1.29, 1.82) is 0 Å². The maximum atomic E-state index is 11.8. The molecule has 2 aliphatic rings. The summed E-state index contributed by atoms with van der Waals surface area (Å²) in [5.41, 5.74) is 0. The van der Waals surface area contributed by atoms with Crippen molar-refractivity contribution in [2.24, 2.45) is 0 Å². The number of amides is 4. The number of ether oxygens (including phenoxy) is 1. The monoisotopic (exact) mass is 300 g/mol. The molecule has 2 heterocycles. The van der Waals surface area contributed by atoms with Crippen molar-refractivity contribution in [2.75, 3.05) is 19.8 Å². The van der Waals surface area contributed by atoms with Gasteiger partial charge in [0.2, 0.25) is 23.6 Å². The van der Waals surface area contributed by atoms with Gasteiger partial charge in [-0.2, -0.15) is 0 Å². The Balaban J connectivity index is 2.33. The molecule has 9 nitrogen and oxygen atoms in total. The van der Waals surface area contributed by atoms with E-state index in [-0.39, 0.29) is 38.9 Å². The average Bonchev–Trinajstić information content (AvgIpc) is 2.93. The Morgan fingerprint density at radius 3 is 1.62 bits per heavy atom. The highest BCUT2D eigenvalue weighted by molar-refractivity contribution is 6.06. The second kappa shape index (κ2) is 5.88. The minimum atomic E-state index is -2.47. The quantitative estimate of drug-likeness (QED) is 0.427. The number of carbonyl (C=O) groups is 4. The number of aliphatic hydroxyl groups excluding tert-OH is 1. The molecule has 0 spiro atoms. The van der Waals surface area contributed by atoms with Crippen LogP contribution in [0.3, 0.4) is 0 Å². The first-order chi connectivity index (χ1) is 9.91. The Morgan fingerprint density at radius 1 is 0.905 bits per heavy atom. The lowest BCUT2D eigenvalue weighted by atomic mass is 10.3. The zero-order valence-corrected chi connectivity index (χ0v) is 11.3. The standard InChI is InChI=1S/C12H16N2O7/c15-5-6-21-7-12(20,13-8(16)1-2-9(13)17)14-10(18)3-4-11(14)19/h15,20H,1-7H2. The van der Waals surface area contributed by atoms with Crippen molar-refractivity contribution in [3.8, 4) is 0 Å². The van der Waals surface area contributed by atoms with Gasteiger partial charge in [0.15, 0.2) is 0 Å². The number of carbonyl (C=O) groups excluding carboxylic acids is 4. The summed E-state index contributed by atoms with van der Waals surface area (Å²) in [6.45, 7) is -1.17. The molecule has 2 N–H and O–H groups in total. The molecule has 0 unspecified atom stereocenters.